The minimum absolute atomic E-state index is 0.0220. The molecule has 1 aliphatic carbocycles. The fourth-order valence-electron chi connectivity index (χ4n) is 2.95. The van der Waals surface area contributed by atoms with Crippen molar-refractivity contribution < 1.29 is 9.59 Å². The fourth-order valence-corrected chi connectivity index (χ4v) is 2.95. The van der Waals surface area contributed by atoms with E-state index in [9.17, 15) is 9.59 Å². The van der Waals surface area contributed by atoms with Gasteiger partial charge >= 0.3 is 6.03 Å². The van der Waals surface area contributed by atoms with Crippen LogP contribution in [0.25, 0.3) is 0 Å². The number of anilines is 1. The van der Waals surface area contributed by atoms with Gasteiger partial charge in [0.25, 0.3) is 0 Å². The predicted octanol–water partition coefficient (Wildman–Crippen LogP) is 3.75. The quantitative estimate of drug-likeness (QED) is 0.818. The van der Waals surface area contributed by atoms with Gasteiger partial charge in [-0.25, -0.2) is 4.79 Å². The maximum atomic E-state index is 12.9. The van der Waals surface area contributed by atoms with Gasteiger partial charge in [-0.05, 0) is 37.3 Å². The van der Waals surface area contributed by atoms with Gasteiger partial charge in [-0.15, -0.1) is 0 Å². The van der Waals surface area contributed by atoms with Crippen LogP contribution in [0, 0.1) is 5.92 Å². The molecule has 0 spiro atoms. The summed E-state index contributed by atoms with van der Waals surface area (Å²) in [6.45, 7) is 6.48. The predicted molar refractivity (Wildman–Crippen MR) is 102 cm³/mol. The zero-order valence-corrected chi connectivity index (χ0v) is 16.1. The molecule has 1 aliphatic rings. The van der Waals surface area contributed by atoms with Crippen LogP contribution >= 0.6 is 0 Å². The first-order valence-electron chi connectivity index (χ1n) is 9.22. The molecule has 2 rings (SSSR count). The Kier molecular flexibility index (Phi) is 6.45. The number of hydrogen-bond acceptors (Lipinski definition) is 2. The molecule has 1 fully saturated rings. The Balaban J connectivity index is 2.14. The van der Waals surface area contributed by atoms with Gasteiger partial charge in [-0.3, -0.25) is 4.79 Å². The molecule has 0 aliphatic heterocycles. The number of carbonyl (C=O) groups excluding carboxylic acids is 2. The molecular weight excluding hydrogens is 314 g/mol. The van der Waals surface area contributed by atoms with Crippen LogP contribution in [0.15, 0.2) is 24.3 Å². The number of benzene rings is 1. The second kappa shape index (κ2) is 8.37. The number of hydrogen-bond donors (Lipinski definition) is 1. The van der Waals surface area contributed by atoms with Crippen LogP contribution in [0.4, 0.5) is 10.5 Å². The van der Waals surface area contributed by atoms with Crippen LogP contribution in [0.5, 0.6) is 0 Å². The topological polar surface area (TPSA) is 52.7 Å². The number of nitrogens with one attached hydrogen (secondary N) is 1. The lowest BCUT2D eigenvalue weighted by Crippen LogP contribution is -2.46. The Morgan fingerprint density at radius 1 is 1.20 bits per heavy atom. The molecule has 0 bridgehead atoms. The average Bonchev–Trinajstić information content (AvgIpc) is 3.40. The Hall–Kier alpha value is -2.04. The van der Waals surface area contributed by atoms with Crippen molar-refractivity contribution in [3.63, 3.8) is 0 Å². The van der Waals surface area contributed by atoms with Gasteiger partial charge in [0, 0.05) is 31.9 Å². The Bertz CT molecular complexity index is 611. The molecule has 2 unspecified atom stereocenters. The molecule has 1 saturated carbocycles. The van der Waals surface area contributed by atoms with Crippen molar-refractivity contribution in [2.75, 3.05) is 19.4 Å². The monoisotopic (exact) mass is 345 g/mol. The molecule has 138 valence electrons. The summed E-state index contributed by atoms with van der Waals surface area (Å²) in [6.07, 6.45) is 3.49. The van der Waals surface area contributed by atoms with Crippen LogP contribution in [0.3, 0.4) is 0 Å². The lowest BCUT2D eigenvalue weighted by Gasteiger charge is -2.33. The third-order valence-electron chi connectivity index (χ3n) is 5.18. The summed E-state index contributed by atoms with van der Waals surface area (Å²) in [5.41, 5.74) is 1.58. The number of para-hydroxylation sites is 1. The third-order valence-corrected chi connectivity index (χ3v) is 5.18. The van der Waals surface area contributed by atoms with E-state index < -0.39 is 0 Å². The number of rotatable bonds is 7. The Labute approximate surface area is 151 Å². The molecule has 1 aromatic carbocycles. The first-order chi connectivity index (χ1) is 11.8. The molecule has 3 amide bonds. The van der Waals surface area contributed by atoms with E-state index in [-0.39, 0.29) is 24.4 Å². The van der Waals surface area contributed by atoms with Crippen molar-refractivity contribution in [3.05, 3.63) is 29.8 Å². The first kappa shape index (κ1) is 19.3. The second-order valence-corrected chi connectivity index (χ2v) is 7.32. The number of carbonyl (C=O) groups is 2. The van der Waals surface area contributed by atoms with Gasteiger partial charge in [0.2, 0.25) is 5.91 Å². The average molecular weight is 345 g/mol. The number of nitrogens with zero attached hydrogens (tertiary/aromatic N) is 2. The Morgan fingerprint density at radius 3 is 2.40 bits per heavy atom. The highest BCUT2D eigenvalue weighted by Crippen LogP contribution is 2.32. The van der Waals surface area contributed by atoms with Crippen molar-refractivity contribution >= 4 is 17.6 Å². The lowest BCUT2D eigenvalue weighted by molar-refractivity contribution is -0.127. The van der Waals surface area contributed by atoms with Crippen LogP contribution in [0.2, 0.25) is 0 Å². The Morgan fingerprint density at radius 2 is 1.84 bits per heavy atom. The van der Waals surface area contributed by atoms with Crippen LogP contribution in [-0.2, 0) is 11.2 Å². The molecule has 5 heteroatoms. The van der Waals surface area contributed by atoms with Gasteiger partial charge in [0.15, 0.2) is 0 Å². The number of amides is 3. The largest absolute Gasteiger partial charge is 0.349 e. The third kappa shape index (κ3) is 4.97. The van der Waals surface area contributed by atoms with E-state index in [1.165, 1.54) is 0 Å². The maximum Gasteiger partial charge on any atom is 0.322 e. The molecule has 1 aromatic rings. The van der Waals surface area contributed by atoms with Gasteiger partial charge in [-0.1, -0.05) is 38.5 Å². The van der Waals surface area contributed by atoms with Crippen LogP contribution in [-0.4, -0.2) is 47.9 Å². The summed E-state index contributed by atoms with van der Waals surface area (Å²) in [7, 11) is 3.48. The van der Waals surface area contributed by atoms with Crippen molar-refractivity contribution in [2.24, 2.45) is 5.92 Å². The summed E-state index contributed by atoms with van der Waals surface area (Å²) >= 11 is 0. The normalized spacial score (nSPS) is 16.0. The SMILES string of the molecule is CCC(C)C(C)N(C(=O)Nc1ccccc1CC(=O)N(C)C)C1CC1. The smallest absolute Gasteiger partial charge is 0.322 e. The van der Waals surface area contributed by atoms with E-state index >= 15 is 0 Å². The van der Waals surface area contributed by atoms with Gasteiger partial charge < -0.3 is 15.1 Å². The molecule has 1 N–H and O–H groups in total. The van der Waals surface area contributed by atoms with Crippen molar-refractivity contribution in [2.45, 2.75) is 58.5 Å². The van der Waals surface area contributed by atoms with Crippen molar-refractivity contribution in [3.8, 4) is 0 Å². The highest BCUT2D eigenvalue weighted by Gasteiger charge is 2.37. The molecule has 0 radical (unpaired) electrons. The van der Waals surface area contributed by atoms with Crippen LogP contribution in [0.1, 0.15) is 45.6 Å². The summed E-state index contributed by atoms with van der Waals surface area (Å²) in [6, 6.07) is 8.05. The molecule has 0 saturated heterocycles. The van der Waals surface area contributed by atoms with Crippen molar-refractivity contribution in [1.82, 2.24) is 9.80 Å². The highest BCUT2D eigenvalue weighted by atomic mass is 16.2. The van der Waals surface area contributed by atoms with Crippen molar-refractivity contribution in [1.29, 1.82) is 0 Å². The van der Waals surface area contributed by atoms with Gasteiger partial charge in [0.05, 0.1) is 6.42 Å². The number of urea groups is 1. The maximum absolute atomic E-state index is 12.9. The minimum Gasteiger partial charge on any atom is -0.349 e. The van der Waals surface area contributed by atoms with Gasteiger partial charge in [-0.2, -0.15) is 0 Å². The molecule has 2 atom stereocenters. The zero-order valence-electron chi connectivity index (χ0n) is 16.1. The minimum atomic E-state index is -0.0555. The molecule has 25 heavy (non-hydrogen) atoms. The van der Waals surface area contributed by atoms with E-state index in [0.29, 0.717) is 12.0 Å². The van der Waals surface area contributed by atoms with E-state index in [0.717, 1.165) is 30.5 Å². The summed E-state index contributed by atoms with van der Waals surface area (Å²) in [4.78, 5) is 28.6. The fraction of sp³-hybridized carbons (Fsp3) is 0.600. The van der Waals surface area contributed by atoms with E-state index in [2.05, 4.69) is 26.1 Å². The van der Waals surface area contributed by atoms with E-state index in [1.54, 1.807) is 19.0 Å². The van der Waals surface area contributed by atoms with Gasteiger partial charge in [0.1, 0.15) is 0 Å². The summed E-state index contributed by atoms with van der Waals surface area (Å²) in [5.74, 6) is 0.477. The highest BCUT2D eigenvalue weighted by molar-refractivity contribution is 5.92. The first-order valence-corrected chi connectivity index (χ1v) is 9.22. The number of likely N-dealkylation sites (N-methyl/N-ethyl adjacent to an activating group) is 1. The standard InChI is InChI=1S/C20H31N3O2/c1-6-14(2)15(3)23(17-11-12-17)20(25)21-18-10-8-7-9-16(18)13-19(24)22(4)5/h7-10,14-15,17H,6,11-13H2,1-5H3,(H,21,25). The molecular formula is C20H31N3O2. The summed E-state index contributed by atoms with van der Waals surface area (Å²) in [5, 5.41) is 3.05. The summed E-state index contributed by atoms with van der Waals surface area (Å²) < 4.78 is 0. The molecule has 0 aromatic heterocycles. The van der Waals surface area contributed by atoms with E-state index in [1.807, 2.05) is 29.2 Å². The van der Waals surface area contributed by atoms with E-state index in [4.69, 9.17) is 0 Å². The molecule has 5 nitrogen and oxygen atoms in total. The zero-order chi connectivity index (χ0) is 18.6. The molecule has 0 heterocycles. The second-order valence-electron chi connectivity index (χ2n) is 7.32. The van der Waals surface area contributed by atoms with Crippen LogP contribution < -0.4 is 5.32 Å². The lowest BCUT2D eigenvalue weighted by atomic mass is 9.99.